The maximum Gasteiger partial charge on any atom is 0.138 e. The topological polar surface area (TPSA) is 13.1 Å². The second kappa shape index (κ2) is 6.09. The zero-order valence-electron chi connectivity index (χ0n) is 11.1. The highest BCUT2D eigenvalue weighted by Gasteiger charge is 2.03. The van der Waals surface area contributed by atoms with E-state index in [1.165, 1.54) is 5.56 Å². The fraction of sp³-hybridized carbons (Fsp3) is 0.250. The van der Waals surface area contributed by atoms with Crippen molar-refractivity contribution in [3.8, 4) is 0 Å². The molecule has 1 aromatic heterocycles. The lowest BCUT2D eigenvalue weighted by atomic mass is 10.1. The second-order valence-corrected chi connectivity index (χ2v) is 3.52. The number of hydrogen-bond donors (Lipinski definition) is 0. The summed E-state index contributed by atoms with van der Waals surface area (Å²) < 4.78 is 5.80. The number of benzene rings is 1. The molecular weight excluding hydrogens is 208 g/mol. The summed E-state index contributed by atoms with van der Waals surface area (Å²) in [6.07, 6.45) is 5.76. The molecule has 0 bridgehead atoms. The average Bonchev–Trinajstić information content (AvgIpc) is 2.72. The number of hydrogen-bond acceptors (Lipinski definition) is 1. The van der Waals surface area contributed by atoms with Gasteiger partial charge in [0.25, 0.3) is 0 Å². The number of fused-ring (bicyclic) bond motifs is 1. The van der Waals surface area contributed by atoms with Crippen LogP contribution in [0.1, 0.15) is 26.3 Å². The van der Waals surface area contributed by atoms with E-state index in [-0.39, 0.29) is 0 Å². The molecule has 0 N–H and O–H groups in total. The van der Waals surface area contributed by atoms with Gasteiger partial charge in [-0.2, -0.15) is 0 Å². The third-order valence-electron chi connectivity index (χ3n) is 2.53. The Balaban J connectivity index is 0.000000686. The van der Waals surface area contributed by atoms with Gasteiger partial charge >= 0.3 is 0 Å². The molecule has 2 aromatic rings. The molecule has 0 fully saturated rings. The molecule has 0 radical (unpaired) electrons. The van der Waals surface area contributed by atoms with Crippen LogP contribution in [0, 0.1) is 6.92 Å². The summed E-state index contributed by atoms with van der Waals surface area (Å²) in [5, 5.41) is 2.27. The predicted molar refractivity (Wildman–Crippen MR) is 76.4 cm³/mol. The molecule has 17 heavy (non-hydrogen) atoms. The van der Waals surface area contributed by atoms with Crippen molar-refractivity contribution in [3.05, 3.63) is 47.1 Å². The summed E-state index contributed by atoms with van der Waals surface area (Å²) in [6, 6.07) is 6.18. The molecule has 90 valence electrons. The highest BCUT2D eigenvalue weighted by molar-refractivity contribution is 5.82. The quantitative estimate of drug-likeness (QED) is 0.727. The number of furan rings is 1. The number of allylic oxidation sites excluding steroid dienone is 1. The summed E-state index contributed by atoms with van der Waals surface area (Å²) in [7, 11) is 0. The SMILES string of the molecule is C=C/C=c1\c(=C/C)oc2c(C)cccc12.CC. The Bertz CT molecular complexity index is 615. The Labute approximate surface area is 103 Å². The van der Waals surface area contributed by atoms with Crippen molar-refractivity contribution >= 4 is 23.1 Å². The Morgan fingerprint density at radius 1 is 1.24 bits per heavy atom. The Morgan fingerprint density at radius 3 is 2.53 bits per heavy atom. The molecule has 1 heterocycles. The van der Waals surface area contributed by atoms with Gasteiger partial charge in [0.05, 0.1) is 0 Å². The molecule has 1 nitrogen and oxygen atoms in total. The van der Waals surface area contributed by atoms with E-state index < -0.39 is 0 Å². The molecule has 0 spiro atoms. The van der Waals surface area contributed by atoms with Gasteiger partial charge in [-0.05, 0) is 25.5 Å². The number of para-hydroxylation sites is 1. The second-order valence-electron chi connectivity index (χ2n) is 3.52. The molecule has 0 aliphatic rings. The minimum absolute atomic E-state index is 0.916. The molecule has 0 aliphatic heterocycles. The summed E-state index contributed by atoms with van der Waals surface area (Å²) >= 11 is 0. The lowest BCUT2D eigenvalue weighted by Crippen LogP contribution is -2.18. The van der Waals surface area contributed by atoms with Gasteiger partial charge in [-0.25, -0.2) is 0 Å². The van der Waals surface area contributed by atoms with Crippen molar-refractivity contribution in [2.75, 3.05) is 0 Å². The molecule has 0 unspecified atom stereocenters. The molecule has 0 saturated carbocycles. The first-order valence-electron chi connectivity index (χ1n) is 6.05. The largest absolute Gasteiger partial charge is 0.456 e. The first-order valence-corrected chi connectivity index (χ1v) is 6.05. The zero-order chi connectivity index (χ0) is 12.8. The average molecular weight is 228 g/mol. The Morgan fingerprint density at radius 2 is 1.94 bits per heavy atom. The molecular formula is C16H20O. The summed E-state index contributed by atoms with van der Waals surface area (Å²) in [5.41, 5.74) is 3.05. The Hall–Kier alpha value is -1.76. The van der Waals surface area contributed by atoms with Crippen LogP contribution in [0.5, 0.6) is 0 Å². The zero-order valence-corrected chi connectivity index (χ0v) is 11.1. The first kappa shape index (κ1) is 13.3. The van der Waals surface area contributed by atoms with Gasteiger partial charge in [0, 0.05) is 10.6 Å². The van der Waals surface area contributed by atoms with Crippen LogP contribution in [0.4, 0.5) is 0 Å². The van der Waals surface area contributed by atoms with E-state index in [9.17, 15) is 0 Å². The van der Waals surface area contributed by atoms with E-state index in [2.05, 4.69) is 25.6 Å². The van der Waals surface area contributed by atoms with Gasteiger partial charge in [-0.15, -0.1) is 0 Å². The van der Waals surface area contributed by atoms with Crippen LogP contribution in [0.15, 0.2) is 35.3 Å². The van der Waals surface area contributed by atoms with Crippen LogP contribution < -0.4 is 10.6 Å². The van der Waals surface area contributed by atoms with E-state index in [1.807, 2.05) is 39.0 Å². The van der Waals surface area contributed by atoms with Crippen LogP contribution in [0.2, 0.25) is 0 Å². The van der Waals surface area contributed by atoms with E-state index in [0.717, 1.165) is 21.6 Å². The lowest BCUT2D eigenvalue weighted by Gasteiger charge is -1.91. The smallest absolute Gasteiger partial charge is 0.138 e. The van der Waals surface area contributed by atoms with Gasteiger partial charge in [0.2, 0.25) is 0 Å². The third-order valence-corrected chi connectivity index (χ3v) is 2.53. The minimum Gasteiger partial charge on any atom is -0.456 e. The molecule has 0 saturated heterocycles. The van der Waals surface area contributed by atoms with Crippen molar-refractivity contribution in [2.45, 2.75) is 27.7 Å². The third kappa shape index (κ3) is 2.50. The van der Waals surface area contributed by atoms with Crippen molar-refractivity contribution < 1.29 is 4.42 Å². The van der Waals surface area contributed by atoms with Crippen LogP contribution in [-0.4, -0.2) is 0 Å². The molecule has 0 amide bonds. The van der Waals surface area contributed by atoms with Gasteiger partial charge in [0.15, 0.2) is 0 Å². The van der Waals surface area contributed by atoms with Gasteiger partial charge in [0.1, 0.15) is 11.0 Å². The minimum atomic E-state index is 0.916. The highest BCUT2D eigenvalue weighted by atomic mass is 16.3. The van der Waals surface area contributed by atoms with Gasteiger partial charge < -0.3 is 4.42 Å². The Kier molecular flexibility index (Phi) is 4.77. The van der Waals surface area contributed by atoms with Crippen molar-refractivity contribution in [1.82, 2.24) is 0 Å². The summed E-state index contributed by atoms with van der Waals surface area (Å²) in [5.74, 6) is 0. The summed E-state index contributed by atoms with van der Waals surface area (Å²) in [4.78, 5) is 0. The number of rotatable bonds is 1. The molecule has 0 aliphatic carbocycles. The predicted octanol–water partition coefficient (Wildman–Crippen LogP) is 3.53. The monoisotopic (exact) mass is 228 g/mol. The van der Waals surface area contributed by atoms with E-state index in [4.69, 9.17) is 4.42 Å². The molecule has 1 heteroatoms. The molecule has 1 aromatic carbocycles. The van der Waals surface area contributed by atoms with E-state index in [1.54, 1.807) is 6.08 Å². The van der Waals surface area contributed by atoms with Gasteiger partial charge in [-0.1, -0.05) is 50.8 Å². The fourth-order valence-corrected chi connectivity index (χ4v) is 1.80. The molecule has 2 rings (SSSR count). The van der Waals surface area contributed by atoms with Crippen molar-refractivity contribution in [3.63, 3.8) is 0 Å². The summed E-state index contributed by atoms with van der Waals surface area (Å²) in [6.45, 7) is 11.8. The van der Waals surface area contributed by atoms with Gasteiger partial charge in [-0.3, -0.25) is 0 Å². The highest BCUT2D eigenvalue weighted by Crippen LogP contribution is 2.13. The van der Waals surface area contributed by atoms with Crippen molar-refractivity contribution in [1.29, 1.82) is 0 Å². The fourth-order valence-electron chi connectivity index (χ4n) is 1.80. The van der Waals surface area contributed by atoms with Crippen molar-refractivity contribution in [2.24, 2.45) is 0 Å². The number of aryl methyl sites for hydroxylation is 1. The standard InChI is InChI=1S/C14H14O.C2H6/c1-4-7-11-12-9-6-8-10(3)14(12)15-13(11)5-2;1-2/h4-9H,1H2,2-3H3;1-2H3/b11-7-,13-5+;. The van der Waals surface area contributed by atoms with Crippen LogP contribution >= 0.6 is 0 Å². The molecule has 0 atom stereocenters. The van der Waals surface area contributed by atoms with E-state index >= 15 is 0 Å². The van der Waals surface area contributed by atoms with Crippen LogP contribution in [0.3, 0.4) is 0 Å². The maximum absolute atomic E-state index is 5.80. The first-order chi connectivity index (χ1) is 8.27. The van der Waals surface area contributed by atoms with Crippen LogP contribution in [-0.2, 0) is 0 Å². The van der Waals surface area contributed by atoms with E-state index in [0.29, 0.717) is 0 Å². The maximum atomic E-state index is 5.80. The van der Waals surface area contributed by atoms with Crippen LogP contribution in [0.25, 0.3) is 23.1 Å². The lowest BCUT2D eigenvalue weighted by molar-refractivity contribution is 0.572. The normalized spacial score (nSPS) is 12.5.